The summed E-state index contributed by atoms with van der Waals surface area (Å²) in [7, 11) is 0. The second-order valence-electron chi connectivity index (χ2n) is 4.34. The molecule has 1 N–H and O–H groups in total. The first-order chi connectivity index (χ1) is 9.24. The van der Waals surface area contributed by atoms with E-state index < -0.39 is 0 Å². The van der Waals surface area contributed by atoms with Crippen molar-refractivity contribution in [2.24, 2.45) is 0 Å². The summed E-state index contributed by atoms with van der Waals surface area (Å²) >= 11 is 8.78. The van der Waals surface area contributed by atoms with Gasteiger partial charge in [-0.15, -0.1) is 0 Å². The minimum Gasteiger partial charge on any atom is -0.329 e. The Bertz CT molecular complexity index is 761. The molecule has 0 spiro atoms. The molecule has 19 heavy (non-hydrogen) atoms. The van der Waals surface area contributed by atoms with Crippen LogP contribution in [0.15, 0.2) is 47.1 Å². The number of nitrogens with one attached hydrogen (secondary N) is 1. The van der Waals surface area contributed by atoms with Crippen LogP contribution in [0.3, 0.4) is 0 Å². The fourth-order valence-corrected chi connectivity index (χ4v) is 2.73. The molecule has 0 saturated heterocycles. The van der Waals surface area contributed by atoms with Gasteiger partial charge in [0.1, 0.15) is 0 Å². The third-order valence-corrected chi connectivity index (χ3v) is 3.80. The molecule has 3 aromatic rings. The third kappa shape index (κ3) is 2.62. The molecule has 2 heterocycles. The average molecular weight is 334 g/mol. The highest BCUT2D eigenvalue weighted by Crippen LogP contribution is 2.17. The molecular formula is C14H12BrN3S. The van der Waals surface area contributed by atoms with Crippen molar-refractivity contribution in [3.63, 3.8) is 0 Å². The van der Waals surface area contributed by atoms with Gasteiger partial charge in [0.05, 0.1) is 5.52 Å². The van der Waals surface area contributed by atoms with Crippen molar-refractivity contribution in [2.45, 2.75) is 13.0 Å². The van der Waals surface area contributed by atoms with Crippen LogP contribution in [-0.2, 0) is 13.0 Å². The topological polar surface area (TPSA) is 33.6 Å². The van der Waals surface area contributed by atoms with E-state index in [-0.39, 0.29) is 0 Å². The van der Waals surface area contributed by atoms with Gasteiger partial charge >= 0.3 is 0 Å². The van der Waals surface area contributed by atoms with Gasteiger partial charge in [0.15, 0.2) is 10.4 Å². The molecule has 0 radical (unpaired) electrons. The summed E-state index contributed by atoms with van der Waals surface area (Å²) in [6.07, 6.45) is 2.74. The number of imidazole rings is 1. The smallest absolute Gasteiger partial charge is 0.179 e. The van der Waals surface area contributed by atoms with E-state index in [4.69, 9.17) is 12.2 Å². The quantitative estimate of drug-likeness (QED) is 0.732. The number of aromatic amines is 1. The molecule has 0 aliphatic rings. The van der Waals surface area contributed by atoms with Gasteiger partial charge < -0.3 is 9.55 Å². The number of nitrogens with zero attached hydrogens (tertiary/aromatic N) is 2. The van der Waals surface area contributed by atoms with Gasteiger partial charge in [-0.2, -0.15) is 0 Å². The fourth-order valence-electron chi connectivity index (χ4n) is 2.11. The van der Waals surface area contributed by atoms with Crippen molar-refractivity contribution in [1.29, 1.82) is 0 Å². The van der Waals surface area contributed by atoms with Crippen molar-refractivity contribution in [3.05, 3.63) is 57.4 Å². The van der Waals surface area contributed by atoms with E-state index in [1.807, 2.05) is 16.7 Å². The van der Waals surface area contributed by atoms with E-state index in [0.29, 0.717) is 0 Å². The van der Waals surface area contributed by atoms with Crippen molar-refractivity contribution >= 4 is 39.3 Å². The Labute approximate surface area is 124 Å². The summed E-state index contributed by atoms with van der Waals surface area (Å²) in [4.78, 5) is 7.62. The number of benzene rings is 1. The SMILES string of the molecule is S=c1[nH]c2cc(Br)cnc2n1CCc1ccccc1. The second kappa shape index (κ2) is 5.27. The van der Waals surface area contributed by atoms with Gasteiger partial charge in [-0.25, -0.2) is 4.98 Å². The maximum atomic E-state index is 5.36. The summed E-state index contributed by atoms with van der Waals surface area (Å²) < 4.78 is 3.72. The Morgan fingerprint density at radius 2 is 2.05 bits per heavy atom. The summed E-state index contributed by atoms with van der Waals surface area (Å²) in [6, 6.07) is 12.4. The molecule has 2 aromatic heterocycles. The van der Waals surface area contributed by atoms with Crippen LogP contribution in [0.2, 0.25) is 0 Å². The lowest BCUT2D eigenvalue weighted by molar-refractivity contribution is 0.700. The Kier molecular flexibility index (Phi) is 3.48. The third-order valence-electron chi connectivity index (χ3n) is 3.04. The maximum Gasteiger partial charge on any atom is 0.179 e. The summed E-state index contributed by atoms with van der Waals surface area (Å²) in [5.74, 6) is 0. The highest BCUT2D eigenvalue weighted by atomic mass is 79.9. The van der Waals surface area contributed by atoms with E-state index in [2.05, 4.69) is 50.2 Å². The number of aromatic nitrogens is 3. The number of aryl methyl sites for hydroxylation is 2. The molecule has 0 bridgehead atoms. The number of fused-ring (bicyclic) bond motifs is 1. The van der Waals surface area contributed by atoms with Crippen LogP contribution in [0.1, 0.15) is 5.56 Å². The predicted molar refractivity (Wildman–Crippen MR) is 82.8 cm³/mol. The first-order valence-electron chi connectivity index (χ1n) is 6.02. The molecule has 0 atom stereocenters. The van der Waals surface area contributed by atoms with Crippen molar-refractivity contribution < 1.29 is 0 Å². The van der Waals surface area contributed by atoms with Crippen LogP contribution in [0.25, 0.3) is 11.2 Å². The molecule has 0 aliphatic heterocycles. The predicted octanol–water partition coefficient (Wildman–Crippen LogP) is 4.10. The molecule has 1 aromatic carbocycles. The molecule has 0 unspecified atom stereocenters. The highest BCUT2D eigenvalue weighted by Gasteiger charge is 2.06. The summed E-state index contributed by atoms with van der Waals surface area (Å²) in [5.41, 5.74) is 3.17. The normalized spacial score (nSPS) is 11.0. The number of H-pyrrole nitrogens is 1. The lowest BCUT2D eigenvalue weighted by Crippen LogP contribution is -2.02. The van der Waals surface area contributed by atoms with E-state index >= 15 is 0 Å². The minimum atomic E-state index is 0.719. The monoisotopic (exact) mass is 333 g/mol. The Balaban J connectivity index is 1.93. The fraction of sp³-hybridized carbons (Fsp3) is 0.143. The van der Waals surface area contributed by atoms with Crippen LogP contribution in [-0.4, -0.2) is 14.5 Å². The summed E-state index contributed by atoms with van der Waals surface area (Å²) in [6.45, 7) is 0.831. The number of hydrogen-bond donors (Lipinski definition) is 1. The first kappa shape index (κ1) is 12.6. The van der Waals surface area contributed by atoms with Crippen LogP contribution in [0.5, 0.6) is 0 Å². The zero-order valence-corrected chi connectivity index (χ0v) is 12.5. The second-order valence-corrected chi connectivity index (χ2v) is 5.64. The Morgan fingerprint density at radius 1 is 1.26 bits per heavy atom. The lowest BCUT2D eigenvalue weighted by atomic mass is 10.1. The molecule has 3 rings (SSSR count). The standard InChI is InChI=1S/C14H12BrN3S/c15-11-8-12-13(16-9-11)18(14(19)17-12)7-6-10-4-2-1-3-5-10/h1-5,8-9H,6-7H2,(H,17,19). The van der Waals surface area contributed by atoms with E-state index in [1.54, 1.807) is 6.20 Å². The van der Waals surface area contributed by atoms with Crippen LogP contribution in [0.4, 0.5) is 0 Å². The van der Waals surface area contributed by atoms with Gasteiger partial charge in [-0.1, -0.05) is 30.3 Å². The van der Waals surface area contributed by atoms with Gasteiger partial charge in [-0.3, -0.25) is 0 Å². The molecule has 5 heteroatoms. The number of hydrogen-bond acceptors (Lipinski definition) is 2. The number of halogens is 1. The Hall–Kier alpha value is -1.46. The van der Waals surface area contributed by atoms with Gasteiger partial charge in [0, 0.05) is 17.2 Å². The van der Waals surface area contributed by atoms with E-state index in [0.717, 1.165) is 33.4 Å². The van der Waals surface area contributed by atoms with Crippen LogP contribution < -0.4 is 0 Å². The van der Waals surface area contributed by atoms with Crippen molar-refractivity contribution in [3.8, 4) is 0 Å². The molecule has 0 aliphatic carbocycles. The lowest BCUT2D eigenvalue weighted by Gasteiger charge is -2.04. The van der Waals surface area contributed by atoms with Crippen molar-refractivity contribution in [1.82, 2.24) is 14.5 Å². The van der Waals surface area contributed by atoms with Gasteiger partial charge in [0.2, 0.25) is 0 Å². The van der Waals surface area contributed by atoms with Crippen molar-refractivity contribution in [2.75, 3.05) is 0 Å². The zero-order valence-electron chi connectivity index (χ0n) is 10.1. The zero-order chi connectivity index (χ0) is 13.2. The molecule has 0 amide bonds. The first-order valence-corrected chi connectivity index (χ1v) is 7.22. The highest BCUT2D eigenvalue weighted by molar-refractivity contribution is 9.10. The molecule has 96 valence electrons. The molecule has 3 nitrogen and oxygen atoms in total. The van der Waals surface area contributed by atoms with Gasteiger partial charge in [0.25, 0.3) is 0 Å². The molecule has 0 fully saturated rings. The largest absolute Gasteiger partial charge is 0.329 e. The van der Waals surface area contributed by atoms with E-state index in [1.165, 1.54) is 5.56 Å². The van der Waals surface area contributed by atoms with Gasteiger partial charge in [-0.05, 0) is 46.2 Å². The van der Waals surface area contributed by atoms with Crippen LogP contribution >= 0.6 is 28.1 Å². The van der Waals surface area contributed by atoms with Crippen LogP contribution in [0, 0.1) is 4.77 Å². The Morgan fingerprint density at radius 3 is 2.84 bits per heavy atom. The van der Waals surface area contributed by atoms with E-state index in [9.17, 15) is 0 Å². The number of pyridine rings is 1. The minimum absolute atomic E-state index is 0.719. The average Bonchev–Trinajstić information content (AvgIpc) is 2.72. The molecule has 0 saturated carbocycles. The maximum absolute atomic E-state index is 5.36. The molecular weight excluding hydrogens is 322 g/mol. The number of rotatable bonds is 3. The summed E-state index contributed by atoms with van der Waals surface area (Å²) in [5, 5.41) is 0.